The van der Waals surface area contributed by atoms with Crippen molar-refractivity contribution in [3.05, 3.63) is 29.6 Å². The zero-order chi connectivity index (χ0) is 15.2. The van der Waals surface area contributed by atoms with Crippen molar-refractivity contribution in [1.82, 2.24) is 9.80 Å². The number of methoxy groups -OCH3 is 1. The van der Waals surface area contributed by atoms with Crippen LogP contribution >= 0.6 is 0 Å². The Morgan fingerprint density at radius 3 is 2.57 bits per heavy atom. The topological polar surface area (TPSA) is 42.0 Å². The molecule has 1 aliphatic heterocycles. The quantitative estimate of drug-likeness (QED) is 0.853. The highest BCUT2D eigenvalue weighted by Crippen LogP contribution is 2.19. The highest BCUT2D eigenvalue weighted by molar-refractivity contribution is 5.67. The van der Waals surface area contributed by atoms with Crippen molar-refractivity contribution in [2.45, 2.75) is 13.5 Å². The molecule has 1 fully saturated rings. The first-order valence-corrected chi connectivity index (χ1v) is 7.10. The molecule has 21 heavy (non-hydrogen) atoms. The van der Waals surface area contributed by atoms with E-state index >= 15 is 0 Å². The molecule has 0 atom stereocenters. The van der Waals surface area contributed by atoms with Gasteiger partial charge in [-0.2, -0.15) is 0 Å². The summed E-state index contributed by atoms with van der Waals surface area (Å²) in [5.41, 5.74) is 0.901. The van der Waals surface area contributed by atoms with E-state index in [1.165, 1.54) is 13.2 Å². The number of amides is 1. The molecule has 116 valence electrons. The number of nitrogens with zero attached hydrogens (tertiary/aromatic N) is 2. The van der Waals surface area contributed by atoms with Crippen LogP contribution in [-0.4, -0.2) is 55.8 Å². The molecular formula is C15H21FN2O3. The lowest BCUT2D eigenvalue weighted by Crippen LogP contribution is -2.48. The van der Waals surface area contributed by atoms with Crippen LogP contribution in [0, 0.1) is 5.82 Å². The Kier molecular flexibility index (Phi) is 5.38. The Hall–Kier alpha value is -1.82. The highest BCUT2D eigenvalue weighted by atomic mass is 19.1. The van der Waals surface area contributed by atoms with E-state index in [1.54, 1.807) is 17.9 Å². The Balaban J connectivity index is 1.86. The van der Waals surface area contributed by atoms with E-state index in [1.807, 2.05) is 6.07 Å². The first kappa shape index (κ1) is 15.6. The second-order valence-corrected chi connectivity index (χ2v) is 4.93. The van der Waals surface area contributed by atoms with Gasteiger partial charge >= 0.3 is 6.09 Å². The second-order valence-electron chi connectivity index (χ2n) is 4.93. The van der Waals surface area contributed by atoms with Crippen LogP contribution in [0.1, 0.15) is 12.5 Å². The molecule has 2 rings (SSSR count). The number of ether oxygens (including phenoxy) is 2. The molecule has 0 aliphatic carbocycles. The van der Waals surface area contributed by atoms with Crippen LogP contribution in [0.4, 0.5) is 9.18 Å². The van der Waals surface area contributed by atoms with Crippen molar-refractivity contribution < 1.29 is 18.7 Å². The van der Waals surface area contributed by atoms with Gasteiger partial charge in [0.25, 0.3) is 0 Å². The maximum Gasteiger partial charge on any atom is 0.409 e. The summed E-state index contributed by atoms with van der Waals surface area (Å²) in [5, 5.41) is 0. The van der Waals surface area contributed by atoms with Gasteiger partial charge in [0.2, 0.25) is 0 Å². The average molecular weight is 296 g/mol. The van der Waals surface area contributed by atoms with Gasteiger partial charge in [0.1, 0.15) is 0 Å². The fraction of sp³-hybridized carbons (Fsp3) is 0.533. The minimum absolute atomic E-state index is 0.255. The minimum atomic E-state index is -0.347. The monoisotopic (exact) mass is 296 g/mol. The number of carbonyl (C=O) groups is 1. The lowest BCUT2D eigenvalue weighted by Gasteiger charge is -2.34. The SMILES string of the molecule is CCOC(=O)N1CCN(Cc2ccc(OC)c(F)c2)CC1. The minimum Gasteiger partial charge on any atom is -0.494 e. The zero-order valence-corrected chi connectivity index (χ0v) is 12.5. The summed E-state index contributed by atoms with van der Waals surface area (Å²) in [5.74, 6) is -0.0916. The first-order valence-electron chi connectivity index (χ1n) is 7.10. The molecule has 1 heterocycles. The van der Waals surface area contributed by atoms with Gasteiger partial charge in [0.05, 0.1) is 13.7 Å². The van der Waals surface area contributed by atoms with Gasteiger partial charge in [-0.15, -0.1) is 0 Å². The molecule has 5 nitrogen and oxygen atoms in total. The molecule has 0 N–H and O–H groups in total. The van der Waals surface area contributed by atoms with E-state index in [2.05, 4.69) is 4.90 Å². The van der Waals surface area contributed by atoms with Crippen molar-refractivity contribution in [2.24, 2.45) is 0 Å². The van der Waals surface area contributed by atoms with Crippen LogP contribution in [0.25, 0.3) is 0 Å². The summed E-state index contributed by atoms with van der Waals surface area (Å²) < 4.78 is 23.5. The molecule has 0 unspecified atom stereocenters. The largest absolute Gasteiger partial charge is 0.494 e. The summed E-state index contributed by atoms with van der Waals surface area (Å²) >= 11 is 0. The molecule has 0 aromatic heterocycles. The lowest BCUT2D eigenvalue weighted by atomic mass is 10.2. The Morgan fingerprint density at radius 1 is 1.29 bits per heavy atom. The van der Waals surface area contributed by atoms with Gasteiger partial charge < -0.3 is 14.4 Å². The van der Waals surface area contributed by atoms with Crippen molar-refractivity contribution >= 4 is 6.09 Å². The molecule has 1 aromatic rings. The van der Waals surface area contributed by atoms with Crippen molar-refractivity contribution in [1.29, 1.82) is 0 Å². The standard InChI is InChI=1S/C15H21FN2O3/c1-3-21-15(19)18-8-6-17(7-9-18)11-12-4-5-14(20-2)13(16)10-12/h4-5,10H,3,6-9,11H2,1-2H3. The highest BCUT2D eigenvalue weighted by Gasteiger charge is 2.21. The predicted molar refractivity (Wildman–Crippen MR) is 76.8 cm³/mol. The summed E-state index contributed by atoms with van der Waals surface area (Å²) in [6.07, 6.45) is -0.257. The van der Waals surface area contributed by atoms with E-state index in [4.69, 9.17) is 9.47 Å². The maximum absolute atomic E-state index is 13.6. The van der Waals surface area contributed by atoms with Crippen LogP contribution in [0.15, 0.2) is 18.2 Å². The third-order valence-corrected chi connectivity index (χ3v) is 3.52. The van der Waals surface area contributed by atoms with E-state index < -0.39 is 0 Å². The number of benzene rings is 1. The second kappa shape index (κ2) is 7.26. The molecular weight excluding hydrogens is 275 g/mol. The van der Waals surface area contributed by atoms with Gasteiger partial charge in [-0.3, -0.25) is 4.90 Å². The van der Waals surface area contributed by atoms with E-state index in [0.717, 1.165) is 18.7 Å². The van der Waals surface area contributed by atoms with Crippen LogP contribution in [0.5, 0.6) is 5.75 Å². The first-order chi connectivity index (χ1) is 10.1. The van der Waals surface area contributed by atoms with Crippen molar-refractivity contribution in [3.63, 3.8) is 0 Å². The van der Waals surface area contributed by atoms with Crippen LogP contribution in [0.2, 0.25) is 0 Å². The molecule has 0 radical (unpaired) electrons. The molecule has 1 aromatic carbocycles. The number of rotatable bonds is 4. The van der Waals surface area contributed by atoms with E-state index in [9.17, 15) is 9.18 Å². The fourth-order valence-electron chi connectivity index (χ4n) is 2.37. The maximum atomic E-state index is 13.6. The summed E-state index contributed by atoms with van der Waals surface area (Å²) in [6, 6.07) is 5.00. The van der Waals surface area contributed by atoms with Gasteiger partial charge in [-0.1, -0.05) is 6.07 Å². The van der Waals surface area contributed by atoms with Crippen LogP contribution in [-0.2, 0) is 11.3 Å². The van der Waals surface area contributed by atoms with Crippen molar-refractivity contribution in [3.8, 4) is 5.75 Å². The van der Waals surface area contributed by atoms with Crippen LogP contribution in [0.3, 0.4) is 0 Å². The zero-order valence-electron chi connectivity index (χ0n) is 12.5. The molecule has 0 spiro atoms. The Morgan fingerprint density at radius 2 is 2.00 bits per heavy atom. The lowest BCUT2D eigenvalue weighted by molar-refractivity contribution is 0.0778. The Labute approximate surface area is 124 Å². The van der Waals surface area contributed by atoms with E-state index in [-0.39, 0.29) is 17.7 Å². The molecule has 0 saturated carbocycles. The van der Waals surface area contributed by atoms with E-state index in [0.29, 0.717) is 26.2 Å². The molecule has 1 aliphatic rings. The Bertz CT molecular complexity index is 488. The molecule has 0 bridgehead atoms. The molecule has 1 saturated heterocycles. The molecule has 1 amide bonds. The van der Waals surface area contributed by atoms with Gasteiger partial charge in [0, 0.05) is 32.7 Å². The number of piperazine rings is 1. The smallest absolute Gasteiger partial charge is 0.409 e. The summed E-state index contributed by atoms with van der Waals surface area (Å²) in [6.45, 7) is 5.64. The van der Waals surface area contributed by atoms with Gasteiger partial charge in [-0.05, 0) is 24.6 Å². The summed E-state index contributed by atoms with van der Waals surface area (Å²) in [7, 11) is 1.45. The third kappa shape index (κ3) is 4.07. The van der Waals surface area contributed by atoms with Crippen LogP contribution < -0.4 is 4.74 Å². The van der Waals surface area contributed by atoms with Gasteiger partial charge in [-0.25, -0.2) is 9.18 Å². The average Bonchev–Trinajstić information content (AvgIpc) is 2.48. The van der Waals surface area contributed by atoms with Gasteiger partial charge in [0.15, 0.2) is 11.6 Å². The number of hydrogen-bond acceptors (Lipinski definition) is 4. The predicted octanol–water partition coefficient (Wildman–Crippen LogP) is 2.11. The number of halogens is 1. The molecule has 6 heteroatoms. The normalized spacial score (nSPS) is 15.9. The fourth-order valence-corrected chi connectivity index (χ4v) is 2.37. The van der Waals surface area contributed by atoms with Crippen molar-refractivity contribution in [2.75, 3.05) is 39.9 Å². The summed E-state index contributed by atoms with van der Waals surface area (Å²) in [4.78, 5) is 15.5. The number of carbonyl (C=O) groups excluding carboxylic acids is 1. The number of hydrogen-bond donors (Lipinski definition) is 0. The third-order valence-electron chi connectivity index (χ3n) is 3.52.